The van der Waals surface area contributed by atoms with E-state index in [4.69, 9.17) is 17.6 Å². The molecule has 4 aromatic rings. The van der Waals surface area contributed by atoms with E-state index in [2.05, 4.69) is 36.2 Å². The maximum absolute atomic E-state index is 13.0. The van der Waals surface area contributed by atoms with Gasteiger partial charge in [0.1, 0.15) is 11.6 Å². The molecule has 4 rings (SSSR count). The van der Waals surface area contributed by atoms with E-state index >= 15 is 0 Å². The summed E-state index contributed by atoms with van der Waals surface area (Å²) in [7, 11) is 1.71. The fourth-order valence-corrected chi connectivity index (χ4v) is 3.79. The van der Waals surface area contributed by atoms with Crippen LogP contribution >= 0.6 is 12.2 Å². The third-order valence-corrected chi connectivity index (χ3v) is 5.54. The van der Waals surface area contributed by atoms with Crippen LogP contribution < -0.4 is 21.3 Å². The van der Waals surface area contributed by atoms with Gasteiger partial charge in [-0.1, -0.05) is 24.3 Å². The second-order valence-corrected chi connectivity index (χ2v) is 8.41. The molecule has 0 unspecified atom stereocenters. The summed E-state index contributed by atoms with van der Waals surface area (Å²) in [5, 5.41) is 20.0. The number of aromatic nitrogens is 3. The van der Waals surface area contributed by atoms with Crippen LogP contribution in [0.4, 0.5) is 36.2 Å². The fourth-order valence-electron chi connectivity index (χ4n) is 3.55. The Bertz CT molecular complexity index is 1440. The molecule has 2 aromatic carbocycles. The molecule has 0 atom stereocenters. The van der Waals surface area contributed by atoms with Crippen molar-refractivity contribution in [1.29, 1.82) is 5.41 Å². The van der Waals surface area contributed by atoms with Gasteiger partial charge in [-0.2, -0.15) is 13.2 Å². The SMILES string of the molecule is CNc1nc(-c2cccc(NC(=S)Nc3cccc(C(F)(F)F)c3)c2)nc(NCc2cccnc2)c1C=N. The lowest BCUT2D eigenvalue weighted by Crippen LogP contribution is -2.19. The molecule has 0 saturated carbocycles. The molecule has 8 nitrogen and oxygen atoms in total. The smallest absolute Gasteiger partial charge is 0.372 e. The van der Waals surface area contributed by atoms with Crippen LogP contribution in [0.2, 0.25) is 0 Å². The molecule has 0 saturated heterocycles. The normalized spacial score (nSPS) is 10.9. The van der Waals surface area contributed by atoms with Crippen molar-refractivity contribution in [3.63, 3.8) is 0 Å². The summed E-state index contributed by atoms with van der Waals surface area (Å²) < 4.78 is 39.0. The summed E-state index contributed by atoms with van der Waals surface area (Å²) in [6, 6.07) is 15.7. The highest BCUT2D eigenvalue weighted by molar-refractivity contribution is 7.80. The number of hydrogen-bond donors (Lipinski definition) is 5. The third-order valence-electron chi connectivity index (χ3n) is 5.34. The summed E-state index contributed by atoms with van der Waals surface area (Å²) in [4.78, 5) is 13.3. The Morgan fingerprint density at radius 2 is 1.68 bits per heavy atom. The van der Waals surface area contributed by atoms with Crippen LogP contribution in [0.15, 0.2) is 73.1 Å². The summed E-state index contributed by atoms with van der Waals surface area (Å²) in [5.41, 5.74) is 2.13. The first-order chi connectivity index (χ1) is 18.3. The molecule has 2 aromatic heterocycles. The molecule has 0 aliphatic rings. The van der Waals surface area contributed by atoms with Crippen molar-refractivity contribution < 1.29 is 13.2 Å². The summed E-state index contributed by atoms with van der Waals surface area (Å²) >= 11 is 5.30. The van der Waals surface area contributed by atoms with Gasteiger partial charge in [-0.15, -0.1) is 0 Å². The highest BCUT2D eigenvalue weighted by Crippen LogP contribution is 2.31. The van der Waals surface area contributed by atoms with Gasteiger partial charge in [0.2, 0.25) is 0 Å². The Morgan fingerprint density at radius 3 is 2.34 bits per heavy atom. The molecule has 38 heavy (non-hydrogen) atoms. The van der Waals surface area contributed by atoms with Gasteiger partial charge in [0.05, 0.1) is 11.1 Å². The van der Waals surface area contributed by atoms with Crippen LogP contribution in [0.3, 0.4) is 0 Å². The first kappa shape index (κ1) is 26.5. The molecule has 0 amide bonds. The minimum atomic E-state index is -4.45. The van der Waals surface area contributed by atoms with Gasteiger partial charge < -0.3 is 26.7 Å². The number of benzene rings is 2. The summed E-state index contributed by atoms with van der Waals surface area (Å²) in [6.45, 7) is 0.450. The second kappa shape index (κ2) is 11.6. The maximum Gasteiger partial charge on any atom is 0.416 e. The quantitative estimate of drug-likeness (QED) is 0.137. The second-order valence-electron chi connectivity index (χ2n) is 8.01. The first-order valence-electron chi connectivity index (χ1n) is 11.4. The predicted molar refractivity (Wildman–Crippen MR) is 148 cm³/mol. The molecule has 0 spiro atoms. The van der Waals surface area contributed by atoms with Gasteiger partial charge in [-0.3, -0.25) is 4.98 Å². The summed E-state index contributed by atoms with van der Waals surface area (Å²) in [6.07, 6.45) is 0.156. The van der Waals surface area contributed by atoms with E-state index < -0.39 is 11.7 Å². The number of nitrogens with one attached hydrogen (secondary N) is 5. The Kier molecular flexibility index (Phi) is 8.12. The van der Waals surface area contributed by atoms with Crippen molar-refractivity contribution >= 4 is 46.6 Å². The number of nitrogens with zero attached hydrogens (tertiary/aromatic N) is 3. The zero-order chi connectivity index (χ0) is 27.1. The van der Waals surface area contributed by atoms with Crippen molar-refractivity contribution in [1.82, 2.24) is 15.0 Å². The molecule has 0 fully saturated rings. The monoisotopic (exact) mass is 536 g/mol. The van der Waals surface area contributed by atoms with Crippen LogP contribution in [-0.4, -0.2) is 33.3 Å². The van der Waals surface area contributed by atoms with E-state index in [1.807, 2.05) is 18.2 Å². The van der Waals surface area contributed by atoms with Crippen molar-refractivity contribution in [2.45, 2.75) is 12.7 Å². The van der Waals surface area contributed by atoms with Crippen molar-refractivity contribution in [3.05, 3.63) is 89.7 Å². The number of hydrogen-bond acceptors (Lipinski definition) is 7. The van der Waals surface area contributed by atoms with Crippen LogP contribution in [0.5, 0.6) is 0 Å². The number of rotatable bonds is 8. The molecule has 0 aliphatic carbocycles. The van der Waals surface area contributed by atoms with Gasteiger partial charge in [-0.05, 0) is 54.2 Å². The Hall–Kier alpha value is -4.58. The third kappa shape index (κ3) is 6.59. The lowest BCUT2D eigenvalue weighted by Gasteiger charge is -2.15. The topological polar surface area (TPSA) is 111 Å². The average molecular weight is 537 g/mol. The molecule has 0 aliphatic heterocycles. The molecule has 5 N–H and O–H groups in total. The van der Waals surface area contributed by atoms with E-state index in [0.717, 1.165) is 17.7 Å². The summed E-state index contributed by atoms with van der Waals surface area (Å²) in [5.74, 6) is 1.34. The Labute approximate surface area is 222 Å². The van der Waals surface area contributed by atoms with Gasteiger partial charge in [0.15, 0.2) is 10.9 Å². The van der Waals surface area contributed by atoms with Crippen LogP contribution in [0.25, 0.3) is 11.4 Å². The first-order valence-corrected chi connectivity index (χ1v) is 11.8. The van der Waals surface area contributed by atoms with Gasteiger partial charge in [0.25, 0.3) is 0 Å². The minimum Gasteiger partial charge on any atom is -0.372 e. The highest BCUT2D eigenvalue weighted by atomic mass is 32.1. The molecule has 0 bridgehead atoms. The van der Waals surface area contributed by atoms with E-state index in [9.17, 15) is 13.2 Å². The van der Waals surface area contributed by atoms with Crippen molar-refractivity contribution in [2.24, 2.45) is 0 Å². The van der Waals surface area contributed by atoms with Crippen LogP contribution in [-0.2, 0) is 12.7 Å². The van der Waals surface area contributed by atoms with Crippen molar-refractivity contribution in [2.75, 3.05) is 28.3 Å². The van der Waals surface area contributed by atoms with Crippen molar-refractivity contribution in [3.8, 4) is 11.4 Å². The van der Waals surface area contributed by atoms with Gasteiger partial charge in [-0.25, -0.2) is 9.97 Å². The highest BCUT2D eigenvalue weighted by Gasteiger charge is 2.30. The van der Waals surface area contributed by atoms with E-state index in [1.165, 1.54) is 18.3 Å². The van der Waals surface area contributed by atoms with Gasteiger partial charge in [0, 0.05) is 49.1 Å². The lowest BCUT2D eigenvalue weighted by atomic mass is 10.1. The number of thiocarbonyl (C=S) groups is 1. The number of pyridine rings is 1. The Morgan fingerprint density at radius 1 is 0.974 bits per heavy atom. The Balaban J connectivity index is 1.55. The van der Waals surface area contributed by atoms with Crippen LogP contribution in [0.1, 0.15) is 16.7 Å². The number of anilines is 4. The molecule has 194 valence electrons. The van der Waals surface area contributed by atoms with Crippen LogP contribution in [0, 0.1) is 5.41 Å². The zero-order valence-corrected chi connectivity index (χ0v) is 20.9. The molecular formula is C26H23F3N8S. The lowest BCUT2D eigenvalue weighted by molar-refractivity contribution is -0.137. The van der Waals surface area contributed by atoms with E-state index in [-0.39, 0.29) is 10.8 Å². The van der Waals surface area contributed by atoms with Gasteiger partial charge >= 0.3 is 6.18 Å². The molecule has 2 heterocycles. The number of alkyl halides is 3. The molecule has 0 radical (unpaired) electrons. The molecular weight excluding hydrogens is 513 g/mol. The average Bonchev–Trinajstić information content (AvgIpc) is 2.91. The zero-order valence-electron chi connectivity index (χ0n) is 20.1. The standard InChI is InChI=1S/C26H23F3N8S/c1-31-23-21(13-30)24(33-15-16-5-4-10-32-14-16)37-22(36-23)17-6-2-8-19(11-17)34-25(38)35-20-9-3-7-18(12-20)26(27,28)29/h2-14,30H,15H2,1H3,(H2,34,35,38)(H2,31,33,36,37). The fraction of sp³-hybridized carbons (Fsp3) is 0.115. The largest absolute Gasteiger partial charge is 0.416 e. The van der Waals surface area contributed by atoms with E-state index in [1.54, 1.807) is 37.6 Å². The predicted octanol–water partition coefficient (Wildman–Crippen LogP) is 6.02. The van der Waals surface area contributed by atoms with E-state index in [0.29, 0.717) is 40.8 Å². The minimum absolute atomic E-state index is 0.122. The number of halogens is 3. The maximum atomic E-state index is 13.0. The molecule has 12 heteroatoms.